The Morgan fingerprint density at radius 1 is 1.21 bits per heavy atom. The molecule has 1 aromatic rings. The van der Waals surface area contributed by atoms with Gasteiger partial charge in [0.2, 0.25) is 0 Å². The van der Waals surface area contributed by atoms with Gasteiger partial charge in [-0.05, 0) is 38.6 Å². The summed E-state index contributed by atoms with van der Waals surface area (Å²) in [5.41, 5.74) is 2.12. The van der Waals surface area contributed by atoms with E-state index in [0.29, 0.717) is 6.04 Å². The van der Waals surface area contributed by atoms with Crippen molar-refractivity contribution in [3.8, 4) is 0 Å². The fourth-order valence-electron chi connectivity index (χ4n) is 3.06. The summed E-state index contributed by atoms with van der Waals surface area (Å²) in [4.78, 5) is 8.73. The Balaban J connectivity index is 1.72. The standard InChI is InChI=1S/C16H27N3/c1-12-4-6-15(7-5-12)8-9-17-13(2)16-14(3)18-10-11-19-16/h10-13,15,17H,4-9H2,1-3H3. The van der Waals surface area contributed by atoms with Gasteiger partial charge in [0.1, 0.15) is 0 Å². The molecule has 1 fully saturated rings. The van der Waals surface area contributed by atoms with Crippen LogP contribution in [0.25, 0.3) is 0 Å². The number of hydrogen-bond acceptors (Lipinski definition) is 3. The Bertz CT molecular complexity index is 383. The fraction of sp³-hybridized carbons (Fsp3) is 0.750. The van der Waals surface area contributed by atoms with Gasteiger partial charge < -0.3 is 5.32 Å². The van der Waals surface area contributed by atoms with Gasteiger partial charge in [-0.25, -0.2) is 0 Å². The third kappa shape index (κ3) is 4.27. The molecule has 1 heterocycles. The SMILES string of the molecule is Cc1nccnc1C(C)NCCC1CCC(C)CC1. The van der Waals surface area contributed by atoms with Crippen molar-refractivity contribution in [1.82, 2.24) is 15.3 Å². The van der Waals surface area contributed by atoms with Gasteiger partial charge in [0, 0.05) is 18.4 Å². The number of aryl methyl sites for hydroxylation is 1. The first-order valence-corrected chi connectivity index (χ1v) is 7.67. The van der Waals surface area contributed by atoms with E-state index in [9.17, 15) is 0 Å². The molecule has 0 bridgehead atoms. The zero-order valence-corrected chi connectivity index (χ0v) is 12.5. The second kappa shape index (κ2) is 6.99. The van der Waals surface area contributed by atoms with Crippen LogP contribution in [0.15, 0.2) is 12.4 Å². The van der Waals surface area contributed by atoms with Crippen molar-refractivity contribution in [3.05, 3.63) is 23.8 Å². The number of nitrogens with one attached hydrogen (secondary N) is 1. The third-order valence-electron chi connectivity index (χ3n) is 4.47. The van der Waals surface area contributed by atoms with Crippen molar-refractivity contribution in [2.24, 2.45) is 11.8 Å². The monoisotopic (exact) mass is 261 g/mol. The highest BCUT2D eigenvalue weighted by Crippen LogP contribution is 2.30. The average Bonchev–Trinajstić information content (AvgIpc) is 2.41. The van der Waals surface area contributed by atoms with Crippen LogP contribution in [0.5, 0.6) is 0 Å². The molecule has 106 valence electrons. The highest BCUT2D eigenvalue weighted by Gasteiger charge is 2.18. The van der Waals surface area contributed by atoms with Gasteiger partial charge in [-0.15, -0.1) is 0 Å². The first kappa shape index (κ1) is 14.4. The second-order valence-corrected chi connectivity index (χ2v) is 6.12. The van der Waals surface area contributed by atoms with Crippen molar-refractivity contribution >= 4 is 0 Å². The molecule has 1 N–H and O–H groups in total. The van der Waals surface area contributed by atoms with Crippen LogP contribution in [0.1, 0.15) is 63.4 Å². The van der Waals surface area contributed by atoms with Crippen LogP contribution in [0, 0.1) is 18.8 Å². The van der Waals surface area contributed by atoms with Crippen LogP contribution in [0.3, 0.4) is 0 Å². The normalized spacial score (nSPS) is 25.2. The summed E-state index contributed by atoms with van der Waals surface area (Å²) in [6.07, 6.45) is 10.5. The Morgan fingerprint density at radius 3 is 2.58 bits per heavy atom. The van der Waals surface area contributed by atoms with Gasteiger partial charge in [-0.1, -0.05) is 32.6 Å². The summed E-state index contributed by atoms with van der Waals surface area (Å²) < 4.78 is 0. The Hall–Kier alpha value is -0.960. The van der Waals surface area contributed by atoms with E-state index in [4.69, 9.17) is 0 Å². The smallest absolute Gasteiger partial charge is 0.0782 e. The molecular formula is C16H27N3. The number of nitrogens with zero attached hydrogens (tertiary/aromatic N) is 2. The first-order chi connectivity index (χ1) is 9.16. The van der Waals surface area contributed by atoms with E-state index in [1.165, 1.54) is 32.1 Å². The van der Waals surface area contributed by atoms with Gasteiger partial charge >= 0.3 is 0 Å². The van der Waals surface area contributed by atoms with Gasteiger partial charge in [0.15, 0.2) is 0 Å². The number of rotatable bonds is 5. The predicted molar refractivity (Wildman–Crippen MR) is 78.9 cm³/mol. The molecule has 1 aliphatic carbocycles. The Kier molecular flexibility index (Phi) is 5.32. The molecule has 1 unspecified atom stereocenters. The number of hydrogen-bond donors (Lipinski definition) is 1. The maximum atomic E-state index is 4.43. The maximum Gasteiger partial charge on any atom is 0.0782 e. The Labute approximate surface area is 117 Å². The molecule has 1 aliphatic rings. The van der Waals surface area contributed by atoms with Crippen molar-refractivity contribution < 1.29 is 0 Å². The van der Waals surface area contributed by atoms with Crippen molar-refractivity contribution in [3.63, 3.8) is 0 Å². The van der Waals surface area contributed by atoms with Crippen molar-refractivity contribution in [2.75, 3.05) is 6.54 Å². The van der Waals surface area contributed by atoms with Crippen LogP contribution < -0.4 is 5.32 Å². The molecule has 0 saturated heterocycles. The fourth-order valence-corrected chi connectivity index (χ4v) is 3.06. The van der Waals surface area contributed by atoms with E-state index in [0.717, 1.165) is 29.8 Å². The van der Waals surface area contributed by atoms with E-state index in [-0.39, 0.29) is 0 Å². The zero-order chi connectivity index (χ0) is 13.7. The van der Waals surface area contributed by atoms with Gasteiger partial charge in [-0.3, -0.25) is 9.97 Å². The van der Waals surface area contributed by atoms with Crippen molar-refractivity contribution in [1.29, 1.82) is 0 Å². The van der Waals surface area contributed by atoms with E-state index in [1.54, 1.807) is 12.4 Å². The van der Waals surface area contributed by atoms with Gasteiger partial charge in [0.25, 0.3) is 0 Å². The molecule has 19 heavy (non-hydrogen) atoms. The molecule has 1 aromatic heterocycles. The first-order valence-electron chi connectivity index (χ1n) is 7.67. The lowest BCUT2D eigenvalue weighted by molar-refractivity contribution is 0.273. The zero-order valence-electron chi connectivity index (χ0n) is 12.5. The highest BCUT2D eigenvalue weighted by molar-refractivity contribution is 5.12. The van der Waals surface area contributed by atoms with Crippen molar-refractivity contribution in [2.45, 2.75) is 58.9 Å². The third-order valence-corrected chi connectivity index (χ3v) is 4.47. The summed E-state index contributed by atoms with van der Waals surface area (Å²) in [7, 11) is 0. The largest absolute Gasteiger partial charge is 0.309 e. The lowest BCUT2D eigenvalue weighted by Crippen LogP contribution is -2.24. The Morgan fingerprint density at radius 2 is 1.89 bits per heavy atom. The minimum Gasteiger partial charge on any atom is -0.309 e. The molecule has 0 amide bonds. The van der Waals surface area contributed by atoms with Crippen LogP contribution in [0.4, 0.5) is 0 Å². The van der Waals surface area contributed by atoms with Crippen LogP contribution in [-0.4, -0.2) is 16.5 Å². The van der Waals surface area contributed by atoms with E-state index >= 15 is 0 Å². The summed E-state index contributed by atoms with van der Waals surface area (Å²) in [5.74, 6) is 1.88. The lowest BCUT2D eigenvalue weighted by atomic mass is 9.81. The lowest BCUT2D eigenvalue weighted by Gasteiger charge is -2.26. The minimum atomic E-state index is 0.302. The number of aromatic nitrogens is 2. The molecule has 0 spiro atoms. The molecule has 1 atom stereocenters. The van der Waals surface area contributed by atoms with Crippen LogP contribution in [-0.2, 0) is 0 Å². The quantitative estimate of drug-likeness (QED) is 0.879. The van der Waals surface area contributed by atoms with E-state index in [1.807, 2.05) is 6.92 Å². The van der Waals surface area contributed by atoms with Crippen LogP contribution in [0.2, 0.25) is 0 Å². The summed E-state index contributed by atoms with van der Waals surface area (Å²) in [5, 5.41) is 3.60. The van der Waals surface area contributed by atoms with Crippen LogP contribution >= 0.6 is 0 Å². The van der Waals surface area contributed by atoms with Gasteiger partial charge in [-0.2, -0.15) is 0 Å². The van der Waals surface area contributed by atoms with Gasteiger partial charge in [0.05, 0.1) is 11.4 Å². The molecule has 3 heteroatoms. The second-order valence-electron chi connectivity index (χ2n) is 6.12. The van der Waals surface area contributed by atoms with E-state index in [2.05, 4.69) is 29.1 Å². The molecule has 3 nitrogen and oxygen atoms in total. The molecule has 0 aliphatic heterocycles. The molecule has 1 saturated carbocycles. The highest BCUT2D eigenvalue weighted by atomic mass is 14.9. The minimum absolute atomic E-state index is 0.302. The predicted octanol–water partition coefficient (Wildman–Crippen LogP) is 3.65. The summed E-state index contributed by atoms with van der Waals surface area (Å²) in [6, 6.07) is 0.302. The summed E-state index contributed by atoms with van der Waals surface area (Å²) >= 11 is 0. The molecule has 0 aromatic carbocycles. The summed E-state index contributed by atoms with van der Waals surface area (Å²) in [6.45, 7) is 7.69. The van der Waals surface area contributed by atoms with E-state index < -0.39 is 0 Å². The molecule has 2 rings (SSSR count). The average molecular weight is 261 g/mol. The topological polar surface area (TPSA) is 37.8 Å². The maximum absolute atomic E-state index is 4.43. The molecule has 0 radical (unpaired) electrons. The molecular weight excluding hydrogens is 234 g/mol.